The lowest BCUT2D eigenvalue weighted by molar-refractivity contribution is -0.274. The van der Waals surface area contributed by atoms with Gasteiger partial charge >= 0.3 is 18.6 Å². The van der Waals surface area contributed by atoms with Crippen LogP contribution in [0.5, 0.6) is 11.5 Å². The van der Waals surface area contributed by atoms with E-state index in [4.69, 9.17) is 9.47 Å². The number of halogens is 6. The van der Waals surface area contributed by atoms with Gasteiger partial charge in [0.2, 0.25) is 0 Å². The highest BCUT2D eigenvalue weighted by molar-refractivity contribution is 5.98. The number of nitrogens with zero attached hydrogens (tertiary/aromatic N) is 3. The average molecular weight is 648 g/mol. The smallest absolute Gasteiger partial charge is 0.489 e. The van der Waals surface area contributed by atoms with Crippen molar-refractivity contribution in [1.29, 1.82) is 0 Å². The van der Waals surface area contributed by atoms with E-state index in [1.54, 1.807) is 39.0 Å². The van der Waals surface area contributed by atoms with E-state index in [9.17, 15) is 35.9 Å². The fourth-order valence-electron chi connectivity index (χ4n) is 4.73. The Labute approximate surface area is 259 Å². The minimum Gasteiger partial charge on any atom is -0.489 e. The van der Waals surface area contributed by atoms with E-state index in [0.29, 0.717) is 33.6 Å². The second kappa shape index (κ2) is 12.1. The number of hydrogen-bond acceptors (Lipinski definition) is 6. The summed E-state index contributed by atoms with van der Waals surface area (Å²) < 4.78 is 92.9. The molecule has 0 N–H and O–H groups in total. The van der Waals surface area contributed by atoms with Crippen molar-refractivity contribution in [2.75, 3.05) is 0 Å². The zero-order valence-electron chi connectivity index (χ0n) is 24.7. The van der Waals surface area contributed by atoms with Crippen LogP contribution in [0.3, 0.4) is 0 Å². The van der Waals surface area contributed by atoms with Crippen LogP contribution >= 0.6 is 0 Å². The first-order valence-electron chi connectivity index (χ1n) is 13.8. The minimum absolute atomic E-state index is 0.123. The molecule has 0 saturated heterocycles. The van der Waals surface area contributed by atoms with Crippen molar-refractivity contribution >= 4 is 12.0 Å². The SMILES string of the molecule is CC(C)(C)OC(=O)n1cc(COc2ccc3c(c2)CN(Cc2ccc(OC(F)(F)F)cc2)C3=O)c(-c2ccc(C(F)(F)F)cc2)n1. The van der Waals surface area contributed by atoms with Gasteiger partial charge in [-0.3, -0.25) is 4.79 Å². The Bertz CT molecular complexity index is 1740. The van der Waals surface area contributed by atoms with Crippen LogP contribution in [0.25, 0.3) is 11.3 Å². The van der Waals surface area contributed by atoms with Crippen LogP contribution in [0.1, 0.15) is 53.4 Å². The van der Waals surface area contributed by atoms with Gasteiger partial charge < -0.3 is 19.1 Å². The molecule has 0 radical (unpaired) electrons. The van der Waals surface area contributed by atoms with Gasteiger partial charge in [-0.2, -0.15) is 23.0 Å². The standard InChI is InChI=1S/C32H27F6N3O5/c1-30(2,3)46-29(43)41-17-22(27(39-41)20-6-8-23(9-7-20)31(33,34)35)18-44-25-12-13-26-21(14-25)16-40(28(26)42)15-19-4-10-24(11-5-19)45-32(36,37)38/h4-14,17H,15-16,18H2,1-3H3. The lowest BCUT2D eigenvalue weighted by Gasteiger charge is -2.18. The maximum Gasteiger partial charge on any atom is 0.573 e. The molecule has 1 aliphatic rings. The van der Waals surface area contributed by atoms with Crippen molar-refractivity contribution in [3.8, 4) is 22.8 Å². The van der Waals surface area contributed by atoms with E-state index >= 15 is 0 Å². The first-order chi connectivity index (χ1) is 21.4. The number of rotatable bonds is 7. The second-order valence-electron chi connectivity index (χ2n) is 11.5. The lowest BCUT2D eigenvalue weighted by atomic mass is 10.1. The molecule has 0 aliphatic carbocycles. The van der Waals surface area contributed by atoms with Gasteiger partial charge in [-0.05, 0) is 74.4 Å². The largest absolute Gasteiger partial charge is 0.573 e. The third-order valence-corrected chi connectivity index (χ3v) is 6.74. The fraction of sp³-hybridized carbons (Fsp3) is 0.281. The maximum atomic E-state index is 13.1. The van der Waals surface area contributed by atoms with E-state index in [1.807, 2.05) is 0 Å². The zero-order chi connectivity index (χ0) is 33.4. The van der Waals surface area contributed by atoms with Gasteiger partial charge in [0.1, 0.15) is 23.7 Å². The topological polar surface area (TPSA) is 82.9 Å². The van der Waals surface area contributed by atoms with E-state index in [-0.39, 0.29) is 37.0 Å². The third-order valence-electron chi connectivity index (χ3n) is 6.74. The van der Waals surface area contributed by atoms with E-state index < -0.39 is 29.8 Å². The Morgan fingerprint density at radius 1 is 0.891 bits per heavy atom. The Kier molecular flexibility index (Phi) is 8.49. The van der Waals surface area contributed by atoms with Gasteiger partial charge in [-0.15, -0.1) is 13.2 Å². The van der Waals surface area contributed by atoms with Gasteiger partial charge in [0.15, 0.2) is 0 Å². The number of hydrogen-bond donors (Lipinski definition) is 0. The van der Waals surface area contributed by atoms with Gasteiger partial charge in [-0.1, -0.05) is 24.3 Å². The molecule has 5 rings (SSSR count). The first-order valence-corrected chi connectivity index (χ1v) is 13.8. The summed E-state index contributed by atoms with van der Waals surface area (Å²) in [6.45, 7) is 5.28. The molecule has 0 spiro atoms. The molecule has 3 aromatic carbocycles. The predicted molar refractivity (Wildman–Crippen MR) is 152 cm³/mol. The quantitative estimate of drug-likeness (QED) is 0.189. The van der Waals surface area contributed by atoms with Crippen molar-refractivity contribution < 1.29 is 50.1 Å². The summed E-state index contributed by atoms with van der Waals surface area (Å²) in [5, 5.41) is 4.28. The summed E-state index contributed by atoms with van der Waals surface area (Å²) in [7, 11) is 0. The highest BCUT2D eigenvalue weighted by Crippen LogP contribution is 2.33. The minimum atomic E-state index is -4.81. The van der Waals surface area contributed by atoms with Crippen LogP contribution in [0.2, 0.25) is 0 Å². The fourth-order valence-corrected chi connectivity index (χ4v) is 4.73. The highest BCUT2D eigenvalue weighted by atomic mass is 19.4. The molecule has 242 valence electrons. The number of alkyl halides is 6. The summed E-state index contributed by atoms with van der Waals surface area (Å²) in [5.74, 6) is -0.252. The summed E-state index contributed by atoms with van der Waals surface area (Å²) in [4.78, 5) is 27.2. The monoisotopic (exact) mass is 647 g/mol. The molecule has 1 amide bonds. The summed E-state index contributed by atoms with van der Waals surface area (Å²) in [6, 6.07) is 14.4. The molecule has 0 unspecified atom stereocenters. The molecule has 0 saturated carbocycles. The third kappa shape index (κ3) is 7.79. The summed E-state index contributed by atoms with van der Waals surface area (Å²) in [5.41, 5.74) is 0.964. The van der Waals surface area contributed by atoms with E-state index in [0.717, 1.165) is 16.8 Å². The van der Waals surface area contributed by atoms with Crippen molar-refractivity contribution in [3.05, 3.63) is 101 Å². The van der Waals surface area contributed by atoms with Crippen LogP contribution in [-0.4, -0.2) is 38.6 Å². The molecule has 46 heavy (non-hydrogen) atoms. The van der Waals surface area contributed by atoms with Crippen molar-refractivity contribution in [3.63, 3.8) is 0 Å². The van der Waals surface area contributed by atoms with Crippen molar-refractivity contribution in [1.82, 2.24) is 14.7 Å². The number of benzene rings is 3. The van der Waals surface area contributed by atoms with Crippen LogP contribution in [-0.2, 0) is 30.6 Å². The van der Waals surface area contributed by atoms with E-state index in [2.05, 4.69) is 9.84 Å². The molecule has 14 heteroatoms. The van der Waals surface area contributed by atoms with Gasteiger partial charge in [0.05, 0.1) is 11.3 Å². The molecule has 4 aromatic rings. The highest BCUT2D eigenvalue weighted by Gasteiger charge is 2.32. The molecule has 2 heterocycles. The summed E-state index contributed by atoms with van der Waals surface area (Å²) in [6.07, 6.45) is -8.74. The van der Waals surface area contributed by atoms with Crippen LogP contribution < -0.4 is 9.47 Å². The van der Waals surface area contributed by atoms with Gasteiger partial charge in [-0.25, -0.2) is 4.79 Å². The number of aromatic nitrogens is 2. The van der Waals surface area contributed by atoms with Gasteiger partial charge in [0.25, 0.3) is 5.91 Å². The second-order valence-corrected chi connectivity index (χ2v) is 11.5. The molecule has 1 aliphatic heterocycles. The number of amides is 1. The average Bonchev–Trinajstić information content (AvgIpc) is 3.52. The Balaban J connectivity index is 1.31. The zero-order valence-corrected chi connectivity index (χ0v) is 24.7. The van der Waals surface area contributed by atoms with Crippen LogP contribution in [0.15, 0.2) is 72.9 Å². The van der Waals surface area contributed by atoms with Crippen molar-refractivity contribution in [2.24, 2.45) is 0 Å². The summed E-state index contributed by atoms with van der Waals surface area (Å²) >= 11 is 0. The van der Waals surface area contributed by atoms with Crippen LogP contribution in [0.4, 0.5) is 31.1 Å². The molecule has 8 nitrogen and oxygen atoms in total. The van der Waals surface area contributed by atoms with Crippen molar-refractivity contribution in [2.45, 2.75) is 58.6 Å². The number of ether oxygens (including phenoxy) is 3. The maximum absolute atomic E-state index is 13.1. The Hall–Kier alpha value is -5.01. The Morgan fingerprint density at radius 3 is 2.15 bits per heavy atom. The molecule has 0 bridgehead atoms. The molecular weight excluding hydrogens is 620 g/mol. The molecule has 0 fully saturated rings. The predicted octanol–water partition coefficient (Wildman–Crippen LogP) is 7.99. The number of fused-ring (bicyclic) bond motifs is 1. The lowest BCUT2D eigenvalue weighted by Crippen LogP contribution is -2.27. The first kappa shape index (κ1) is 32.4. The molecular formula is C32H27F6N3O5. The number of carbonyl (C=O) groups is 2. The molecule has 0 atom stereocenters. The Morgan fingerprint density at radius 2 is 1.54 bits per heavy atom. The molecule has 1 aromatic heterocycles. The van der Waals surface area contributed by atoms with Gasteiger partial charge in [0, 0.05) is 36.0 Å². The van der Waals surface area contributed by atoms with Crippen LogP contribution in [0, 0.1) is 0 Å². The number of carbonyl (C=O) groups excluding carboxylic acids is 2. The normalized spacial score (nSPS) is 13.5. The van der Waals surface area contributed by atoms with E-state index in [1.165, 1.54) is 47.5 Å².